The van der Waals surface area contributed by atoms with E-state index in [0.717, 1.165) is 16.3 Å². The third kappa shape index (κ3) is 4.77. The second-order valence-electron chi connectivity index (χ2n) is 8.20. The van der Waals surface area contributed by atoms with Crippen LogP contribution in [0.2, 0.25) is 0 Å². The summed E-state index contributed by atoms with van der Waals surface area (Å²) in [4.78, 5) is 26.1. The SMILES string of the molecule is CC(=O)N1CCN(S(=O)(=O)c2ccc(C(=O)NC(C)c3cccc4ccccc34)cc2)CC1. The van der Waals surface area contributed by atoms with E-state index in [1.165, 1.54) is 35.5 Å². The number of carbonyl (C=O) groups is 2. The second kappa shape index (κ2) is 9.33. The number of carbonyl (C=O) groups excluding carboxylic acids is 2. The lowest BCUT2D eigenvalue weighted by atomic mass is 9.99. The van der Waals surface area contributed by atoms with Crippen LogP contribution >= 0.6 is 0 Å². The summed E-state index contributed by atoms with van der Waals surface area (Å²) in [6.07, 6.45) is 0. The van der Waals surface area contributed by atoms with E-state index in [0.29, 0.717) is 18.7 Å². The fraction of sp³-hybridized carbons (Fsp3) is 0.280. The number of benzene rings is 3. The molecule has 0 radical (unpaired) electrons. The van der Waals surface area contributed by atoms with Gasteiger partial charge in [0.15, 0.2) is 0 Å². The molecule has 0 aliphatic carbocycles. The van der Waals surface area contributed by atoms with Gasteiger partial charge in [-0.25, -0.2) is 8.42 Å². The van der Waals surface area contributed by atoms with Crippen LogP contribution in [0, 0.1) is 0 Å². The summed E-state index contributed by atoms with van der Waals surface area (Å²) in [5.74, 6) is -0.324. The topological polar surface area (TPSA) is 86.8 Å². The number of sulfonamides is 1. The minimum Gasteiger partial charge on any atom is -0.345 e. The maximum absolute atomic E-state index is 13.0. The Balaban J connectivity index is 1.45. The first-order chi connectivity index (χ1) is 15.8. The Hall–Kier alpha value is -3.23. The van der Waals surface area contributed by atoms with Gasteiger partial charge in [0.2, 0.25) is 15.9 Å². The minimum absolute atomic E-state index is 0.0554. The molecule has 0 saturated carbocycles. The predicted octanol–water partition coefficient (Wildman–Crippen LogP) is 3.18. The number of hydrogen-bond donors (Lipinski definition) is 1. The van der Waals surface area contributed by atoms with Gasteiger partial charge in [0.05, 0.1) is 10.9 Å². The summed E-state index contributed by atoms with van der Waals surface area (Å²) < 4.78 is 27.3. The van der Waals surface area contributed by atoms with Crippen LogP contribution in [0.25, 0.3) is 10.8 Å². The van der Waals surface area contributed by atoms with Gasteiger partial charge in [0.1, 0.15) is 0 Å². The lowest BCUT2D eigenvalue weighted by Crippen LogP contribution is -2.49. The molecule has 1 N–H and O–H groups in total. The van der Waals surface area contributed by atoms with Crippen molar-refractivity contribution < 1.29 is 18.0 Å². The lowest BCUT2D eigenvalue weighted by Gasteiger charge is -2.33. The molecule has 8 heteroatoms. The number of nitrogens with zero attached hydrogens (tertiary/aromatic N) is 2. The predicted molar refractivity (Wildman–Crippen MR) is 127 cm³/mol. The number of amides is 2. The van der Waals surface area contributed by atoms with Gasteiger partial charge in [-0.2, -0.15) is 4.31 Å². The molecule has 172 valence electrons. The third-order valence-electron chi connectivity index (χ3n) is 6.08. The summed E-state index contributed by atoms with van der Waals surface area (Å²) >= 11 is 0. The van der Waals surface area contributed by atoms with Crippen LogP contribution < -0.4 is 5.32 Å². The van der Waals surface area contributed by atoms with E-state index in [9.17, 15) is 18.0 Å². The van der Waals surface area contributed by atoms with Gasteiger partial charge in [0, 0.05) is 38.7 Å². The molecule has 7 nitrogen and oxygen atoms in total. The number of hydrogen-bond acceptors (Lipinski definition) is 4. The summed E-state index contributed by atoms with van der Waals surface area (Å²) in [5.41, 5.74) is 1.41. The Morgan fingerprint density at radius 3 is 2.18 bits per heavy atom. The molecular formula is C25H27N3O4S. The van der Waals surface area contributed by atoms with Crippen LogP contribution in [-0.4, -0.2) is 55.6 Å². The zero-order valence-corrected chi connectivity index (χ0v) is 19.5. The largest absolute Gasteiger partial charge is 0.345 e. The van der Waals surface area contributed by atoms with E-state index in [2.05, 4.69) is 5.32 Å². The van der Waals surface area contributed by atoms with E-state index in [1.807, 2.05) is 49.4 Å². The fourth-order valence-corrected chi connectivity index (χ4v) is 5.58. The van der Waals surface area contributed by atoms with Crippen molar-refractivity contribution in [2.75, 3.05) is 26.2 Å². The number of fused-ring (bicyclic) bond motifs is 1. The van der Waals surface area contributed by atoms with E-state index < -0.39 is 10.0 Å². The highest BCUT2D eigenvalue weighted by Crippen LogP contribution is 2.25. The van der Waals surface area contributed by atoms with Crippen molar-refractivity contribution >= 4 is 32.6 Å². The molecule has 1 saturated heterocycles. The summed E-state index contributed by atoms with van der Waals surface area (Å²) in [7, 11) is -3.68. The molecule has 1 aliphatic heterocycles. The van der Waals surface area contributed by atoms with Gasteiger partial charge in [-0.05, 0) is 47.5 Å². The van der Waals surface area contributed by atoms with Crippen molar-refractivity contribution in [1.29, 1.82) is 0 Å². The zero-order chi connectivity index (χ0) is 23.6. The molecule has 1 heterocycles. The summed E-state index contributed by atoms with van der Waals surface area (Å²) in [5, 5.41) is 5.19. The van der Waals surface area contributed by atoms with Crippen LogP contribution in [0.15, 0.2) is 71.6 Å². The molecule has 4 rings (SSSR count). The molecular weight excluding hydrogens is 438 g/mol. The quantitative estimate of drug-likeness (QED) is 0.627. The van der Waals surface area contributed by atoms with Gasteiger partial charge >= 0.3 is 0 Å². The van der Waals surface area contributed by atoms with Crippen LogP contribution in [0.5, 0.6) is 0 Å². The van der Waals surface area contributed by atoms with Crippen LogP contribution in [0.1, 0.15) is 35.8 Å². The average Bonchev–Trinajstić information content (AvgIpc) is 2.83. The maximum atomic E-state index is 13.0. The summed E-state index contributed by atoms with van der Waals surface area (Å²) in [6.45, 7) is 4.68. The molecule has 0 aromatic heterocycles. The van der Waals surface area contributed by atoms with Crippen molar-refractivity contribution in [2.24, 2.45) is 0 Å². The van der Waals surface area contributed by atoms with Gasteiger partial charge in [0.25, 0.3) is 5.91 Å². The normalized spacial score (nSPS) is 15.9. The van der Waals surface area contributed by atoms with Crippen LogP contribution in [0.3, 0.4) is 0 Å². The molecule has 0 spiro atoms. The highest BCUT2D eigenvalue weighted by atomic mass is 32.2. The molecule has 1 fully saturated rings. The maximum Gasteiger partial charge on any atom is 0.251 e. The fourth-order valence-electron chi connectivity index (χ4n) is 4.16. The van der Waals surface area contributed by atoms with Crippen molar-refractivity contribution in [3.8, 4) is 0 Å². The van der Waals surface area contributed by atoms with E-state index >= 15 is 0 Å². The highest BCUT2D eigenvalue weighted by molar-refractivity contribution is 7.89. The van der Waals surface area contributed by atoms with Crippen molar-refractivity contribution in [1.82, 2.24) is 14.5 Å². The Labute approximate surface area is 194 Å². The Morgan fingerprint density at radius 1 is 0.879 bits per heavy atom. The molecule has 3 aromatic carbocycles. The minimum atomic E-state index is -3.68. The van der Waals surface area contributed by atoms with Crippen LogP contribution in [-0.2, 0) is 14.8 Å². The van der Waals surface area contributed by atoms with E-state index in [-0.39, 0.29) is 35.8 Å². The first kappa shape index (κ1) is 22.9. The monoisotopic (exact) mass is 465 g/mol. The Morgan fingerprint density at radius 2 is 1.52 bits per heavy atom. The lowest BCUT2D eigenvalue weighted by molar-refractivity contribution is -0.129. The van der Waals surface area contributed by atoms with E-state index in [4.69, 9.17) is 0 Å². The zero-order valence-electron chi connectivity index (χ0n) is 18.7. The van der Waals surface area contributed by atoms with Gasteiger partial charge in [-0.1, -0.05) is 42.5 Å². The van der Waals surface area contributed by atoms with Crippen molar-refractivity contribution in [3.05, 3.63) is 77.9 Å². The number of nitrogens with one attached hydrogen (secondary N) is 1. The standard InChI is InChI=1S/C25H27N3O4S/c1-18(23-9-5-7-20-6-3-4-8-24(20)23)26-25(30)21-10-12-22(13-11-21)33(31,32)28-16-14-27(15-17-28)19(2)29/h3-13,18H,14-17H2,1-2H3,(H,26,30). The molecule has 1 atom stereocenters. The van der Waals surface area contributed by atoms with Gasteiger partial charge < -0.3 is 10.2 Å². The van der Waals surface area contributed by atoms with Crippen LogP contribution in [0.4, 0.5) is 0 Å². The van der Waals surface area contributed by atoms with E-state index in [1.54, 1.807) is 4.90 Å². The average molecular weight is 466 g/mol. The Bertz CT molecular complexity index is 1280. The number of rotatable bonds is 5. The van der Waals surface area contributed by atoms with Gasteiger partial charge in [-0.3, -0.25) is 9.59 Å². The van der Waals surface area contributed by atoms with Crippen molar-refractivity contribution in [2.45, 2.75) is 24.8 Å². The third-order valence-corrected chi connectivity index (χ3v) is 7.99. The number of piperazine rings is 1. The Kier molecular flexibility index (Phi) is 6.49. The van der Waals surface area contributed by atoms with Crippen molar-refractivity contribution in [3.63, 3.8) is 0 Å². The highest BCUT2D eigenvalue weighted by Gasteiger charge is 2.29. The van der Waals surface area contributed by atoms with Gasteiger partial charge in [-0.15, -0.1) is 0 Å². The molecule has 3 aromatic rings. The smallest absolute Gasteiger partial charge is 0.251 e. The first-order valence-corrected chi connectivity index (χ1v) is 12.4. The molecule has 0 bridgehead atoms. The first-order valence-electron chi connectivity index (χ1n) is 10.9. The summed E-state index contributed by atoms with van der Waals surface area (Å²) in [6, 6.07) is 19.8. The molecule has 1 unspecified atom stereocenters. The molecule has 1 aliphatic rings. The molecule has 2 amide bonds. The molecule has 33 heavy (non-hydrogen) atoms. The second-order valence-corrected chi connectivity index (χ2v) is 10.1.